The summed E-state index contributed by atoms with van der Waals surface area (Å²) in [5, 5.41) is 4.48. The minimum absolute atomic E-state index is 0.218. The first-order valence-corrected chi connectivity index (χ1v) is 8.32. The summed E-state index contributed by atoms with van der Waals surface area (Å²) in [5.41, 5.74) is 2.09. The SMILES string of the molecule is CCC(C)n1ccc(CC(=O)CSc2cccc(C)c2)n1. The quantitative estimate of drug-likeness (QED) is 0.723. The Labute approximate surface area is 130 Å². The zero-order valence-corrected chi connectivity index (χ0v) is 13.7. The van der Waals surface area contributed by atoms with Gasteiger partial charge in [0, 0.05) is 17.1 Å². The number of thioether (sulfide) groups is 1. The second kappa shape index (κ2) is 7.46. The van der Waals surface area contributed by atoms with Gasteiger partial charge in [-0.2, -0.15) is 5.10 Å². The first kappa shape index (κ1) is 15.8. The summed E-state index contributed by atoms with van der Waals surface area (Å²) < 4.78 is 1.94. The molecule has 2 rings (SSSR count). The van der Waals surface area contributed by atoms with Crippen molar-refractivity contribution in [3.05, 3.63) is 47.8 Å². The molecule has 0 aliphatic heterocycles. The standard InChI is InChI=1S/C17H22N2OS/c1-4-14(3)19-9-8-15(18-19)11-16(20)12-21-17-7-5-6-13(2)10-17/h5-10,14H,4,11-12H2,1-3H3. The lowest BCUT2D eigenvalue weighted by atomic mass is 10.2. The van der Waals surface area contributed by atoms with Crippen LogP contribution in [0.1, 0.15) is 37.6 Å². The largest absolute Gasteiger partial charge is 0.298 e. The summed E-state index contributed by atoms with van der Waals surface area (Å²) in [6, 6.07) is 10.6. The van der Waals surface area contributed by atoms with Crippen LogP contribution in [0.15, 0.2) is 41.4 Å². The summed E-state index contributed by atoms with van der Waals surface area (Å²) in [7, 11) is 0. The van der Waals surface area contributed by atoms with Gasteiger partial charge in [0.05, 0.1) is 17.9 Å². The van der Waals surface area contributed by atoms with E-state index in [2.05, 4.69) is 38.0 Å². The molecule has 4 heteroatoms. The molecule has 2 aromatic rings. The molecule has 1 aromatic carbocycles. The number of benzene rings is 1. The van der Waals surface area contributed by atoms with E-state index in [4.69, 9.17) is 0 Å². The van der Waals surface area contributed by atoms with Crippen molar-refractivity contribution in [1.82, 2.24) is 9.78 Å². The van der Waals surface area contributed by atoms with Crippen LogP contribution in [0.2, 0.25) is 0 Å². The van der Waals surface area contributed by atoms with E-state index in [9.17, 15) is 4.79 Å². The van der Waals surface area contributed by atoms with E-state index in [1.807, 2.05) is 29.1 Å². The molecule has 21 heavy (non-hydrogen) atoms. The van der Waals surface area contributed by atoms with Crippen LogP contribution in [0.4, 0.5) is 0 Å². The minimum atomic E-state index is 0.218. The molecule has 0 fully saturated rings. The molecule has 112 valence electrons. The molecule has 1 aromatic heterocycles. The molecular weight excluding hydrogens is 280 g/mol. The number of carbonyl (C=O) groups excluding carboxylic acids is 1. The van der Waals surface area contributed by atoms with Crippen molar-refractivity contribution in [3.8, 4) is 0 Å². The second-order valence-electron chi connectivity index (χ2n) is 5.36. The van der Waals surface area contributed by atoms with Gasteiger partial charge in [-0.3, -0.25) is 9.48 Å². The lowest BCUT2D eigenvalue weighted by Gasteiger charge is -2.08. The third-order valence-corrected chi connectivity index (χ3v) is 4.53. The highest BCUT2D eigenvalue weighted by atomic mass is 32.2. The first-order chi connectivity index (χ1) is 10.1. The molecule has 0 spiro atoms. The van der Waals surface area contributed by atoms with E-state index < -0.39 is 0 Å². The van der Waals surface area contributed by atoms with Crippen molar-refractivity contribution in [3.63, 3.8) is 0 Å². The topological polar surface area (TPSA) is 34.9 Å². The van der Waals surface area contributed by atoms with E-state index in [1.54, 1.807) is 11.8 Å². The van der Waals surface area contributed by atoms with Crippen LogP contribution < -0.4 is 0 Å². The van der Waals surface area contributed by atoms with Gasteiger partial charge in [0.25, 0.3) is 0 Å². The average molecular weight is 302 g/mol. The predicted octanol–water partition coefficient (Wildman–Crippen LogP) is 4.07. The Morgan fingerprint density at radius 1 is 1.38 bits per heavy atom. The lowest BCUT2D eigenvalue weighted by Crippen LogP contribution is -2.09. The van der Waals surface area contributed by atoms with Crippen LogP contribution in [0.5, 0.6) is 0 Å². The fraction of sp³-hybridized carbons (Fsp3) is 0.412. The smallest absolute Gasteiger partial charge is 0.149 e. The third kappa shape index (κ3) is 4.74. The zero-order chi connectivity index (χ0) is 15.2. The Morgan fingerprint density at radius 3 is 2.90 bits per heavy atom. The third-order valence-electron chi connectivity index (χ3n) is 3.47. The van der Waals surface area contributed by atoms with Gasteiger partial charge < -0.3 is 0 Å². The van der Waals surface area contributed by atoms with Crippen LogP contribution in [-0.4, -0.2) is 21.3 Å². The summed E-state index contributed by atoms with van der Waals surface area (Å²) >= 11 is 1.60. The Morgan fingerprint density at radius 2 is 2.19 bits per heavy atom. The van der Waals surface area contributed by atoms with Crippen molar-refractivity contribution in [1.29, 1.82) is 0 Å². The number of aromatic nitrogens is 2. The fourth-order valence-corrected chi connectivity index (χ4v) is 2.90. The molecule has 0 aliphatic rings. The number of rotatable bonds is 7. The number of ketones is 1. The van der Waals surface area contributed by atoms with E-state index in [0.29, 0.717) is 18.2 Å². The Bertz CT molecular complexity index is 606. The summed E-state index contributed by atoms with van der Waals surface area (Å²) in [6.07, 6.45) is 3.42. The first-order valence-electron chi connectivity index (χ1n) is 7.33. The molecule has 0 saturated heterocycles. The molecule has 1 heterocycles. The average Bonchev–Trinajstić information content (AvgIpc) is 2.93. The fourth-order valence-electron chi connectivity index (χ4n) is 2.03. The van der Waals surface area contributed by atoms with Crippen molar-refractivity contribution in [2.24, 2.45) is 0 Å². The number of hydrogen-bond acceptors (Lipinski definition) is 3. The Hall–Kier alpha value is -1.55. The minimum Gasteiger partial charge on any atom is -0.298 e. The summed E-state index contributed by atoms with van der Waals surface area (Å²) in [6.45, 7) is 6.33. The van der Waals surface area contributed by atoms with E-state index >= 15 is 0 Å². The zero-order valence-electron chi connectivity index (χ0n) is 12.9. The van der Waals surface area contributed by atoms with Crippen LogP contribution in [0.3, 0.4) is 0 Å². The summed E-state index contributed by atoms with van der Waals surface area (Å²) in [5.74, 6) is 0.718. The highest BCUT2D eigenvalue weighted by Crippen LogP contribution is 2.19. The molecule has 0 bridgehead atoms. The Kier molecular flexibility index (Phi) is 5.62. The van der Waals surface area contributed by atoms with E-state index in [-0.39, 0.29) is 5.78 Å². The molecule has 1 atom stereocenters. The molecule has 3 nitrogen and oxygen atoms in total. The number of aryl methyl sites for hydroxylation is 1. The highest BCUT2D eigenvalue weighted by molar-refractivity contribution is 8.00. The van der Waals surface area contributed by atoms with Crippen molar-refractivity contribution >= 4 is 17.5 Å². The second-order valence-corrected chi connectivity index (χ2v) is 6.41. The predicted molar refractivity (Wildman–Crippen MR) is 87.8 cm³/mol. The highest BCUT2D eigenvalue weighted by Gasteiger charge is 2.09. The van der Waals surface area contributed by atoms with E-state index in [1.165, 1.54) is 5.56 Å². The molecule has 0 radical (unpaired) electrons. The van der Waals surface area contributed by atoms with Gasteiger partial charge in [-0.15, -0.1) is 11.8 Å². The molecule has 0 saturated carbocycles. The maximum Gasteiger partial charge on any atom is 0.149 e. The monoisotopic (exact) mass is 302 g/mol. The van der Waals surface area contributed by atoms with Crippen LogP contribution in [0, 0.1) is 6.92 Å². The number of hydrogen-bond donors (Lipinski definition) is 0. The van der Waals surface area contributed by atoms with E-state index in [0.717, 1.165) is 17.0 Å². The van der Waals surface area contributed by atoms with Gasteiger partial charge in [0.2, 0.25) is 0 Å². The van der Waals surface area contributed by atoms with Gasteiger partial charge >= 0.3 is 0 Å². The van der Waals surface area contributed by atoms with Crippen molar-refractivity contribution in [2.45, 2.75) is 44.6 Å². The van der Waals surface area contributed by atoms with Crippen LogP contribution in [0.25, 0.3) is 0 Å². The van der Waals surface area contributed by atoms with Gasteiger partial charge in [-0.1, -0.05) is 24.6 Å². The summed E-state index contributed by atoms with van der Waals surface area (Å²) in [4.78, 5) is 13.2. The Balaban J connectivity index is 1.86. The molecular formula is C17H22N2OS. The maximum absolute atomic E-state index is 12.0. The number of nitrogens with zero attached hydrogens (tertiary/aromatic N) is 2. The molecule has 1 unspecified atom stereocenters. The van der Waals surface area contributed by atoms with Gasteiger partial charge in [0.15, 0.2) is 0 Å². The molecule has 0 aliphatic carbocycles. The molecule has 0 N–H and O–H groups in total. The van der Waals surface area contributed by atoms with Gasteiger partial charge in [-0.25, -0.2) is 0 Å². The molecule has 0 amide bonds. The number of Topliss-reactive ketones (excluding diaryl/α,β-unsaturated/α-hetero) is 1. The van der Waals surface area contributed by atoms with Gasteiger partial charge in [0.1, 0.15) is 5.78 Å². The maximum atomic E-state index is 12.0. The van der Waals surface area contributed by atoms with Gasteiger partial charge in [-0.05, 0) is 38.5 Å². The van der Waals surface area contributed by atoms with Crippen molar-refractivity contribution < 1.29 is 4.79 Å². The normalized spacial score (nSPS) is 12.3. The van der Waals surface area contributed by atoms with Crippen molar-refractivity contribution in [2.75, 3.05) is 5.75 Å². The number of carbonyl (C=O) groups is 1. The van der Waals surface area contributed by atoms with Crippen LogP contribution in [-0.2, 0) is 11.2 Å². The lowest BCUT2D eigenvalue weighted by molar-refractivity contribution is -0.116. The van der Waals surface area contributed by atoms with Crippen LogP contribution >= 0.6 is 11.8 Å².